The highest BCUT2D eigenvalue weighted by atomic mass is 32.2. The number of para-hydroxylation sites is 2. The van der Waals surface area contributed by atoms with E-state index in [1.54, 1.807) is 36.4 Å². The molecule has 1 fully saturated rings. The van der Waals surface area contributed by atoms with Gasteiger partial charge < -0.3 is 4.42 Å². The first-order chi connectivity index (χ1) is 13.5. The Kier molecular flexibility index (Phi) is 4.81. The van der Waals surface area contributed by atoms with Gasteiger partial charge in [-0.05, 0) is 48.2 Å². The smallest absolute Gasteiger partial charge is 0.296 e. The van der Waals surface area contributed by atoms with Crippen molar-refractivity contribution in [2.24, 2.45) is 0 Å². The van der Waals surface area contributed by atoms with E-state index < -0.39 is 4.92 Å². The monoisotopic (exact) mass is 408 g/mol. The molecule has 2 aromatic carbocycles. The Morgan fingerprint density at radius 1 is 1.04 bits per heavy atom. The van der Waals surface area contributed by atoms with Gasteiger partial charge in [-0.1, -0.05) is 42.5 Å². The molecule has 1 saturated heterocycles. The van der Waals surface area contributed by atoms with E-state index in [0.717, 1.165) is 11.8 Å². The largest absolute Gasteiger partial charge is 0.456 e. The molecule has 3 aromatic rings. The Morgan fingerprint density at radius 3 is 2.50 bits per heavy atom. The van der Waals surface area contributed by atoms with Gasteiger partial charge >= 0.3 is 0 Å². The molecule has 0 radical (unpaired) electrons. The van der Waals surface area contributed by atoms with Crippen LogP contribution in [0.1, 0.15) is 5.76 Å². The number of nitro groups is 1. The Labute approximate surface area is 169 Å². The van der Waals surface area contributed by atoms with Crippen molar-refractivity contribution in [1.29, 1.82) is 0 Å². The van der Waals surface area contributed by atoms with Gasteiger partial charge in [0.2, 0.25) is 0 Å². The minimum Gasteiger partial charge on any atom is -0.456 e. The topological polar surface area (TPSA) is 76.6 Å². The standard InChI is InChI=1S/C20H12N2O4S2/c23-20-21(13-6-2-1-3-7-13)19(27)18(28-20)12-14-10-11-17(26-14)15-8-4-5-9-16(15)22(24)25/h1-12H. The molecule has 0 aliphatic carbocycles. The fourth-order valence-electron chi connectivity index (χ4n) is 2.81. The molecular formula is C20H12N2O4S2. The zero-order valence-electron chi connectivity index (χ0n) is 14.3. The van der Waals surface area contributed by atoms with E-state index in [1.807, 2.05) is 30.3 Å². The predicted molar refractivity (Wildman–Crippen MR) is 113 cm³/mol. The Bertz CT molecular complexity index is 1120. The van der Waals surface area contributed by atoms with E-state index in [1.165, 1.54) is 11.0 Å². The first kappa shape index (κ1) is 18.1. The van der Waals surface area contributed by atoms with Gasteiger partial charge in [0.1, 0.15) is 16.5 Å². The average molecular weight is 408 g/mol. The Morgan fingerprint density at radius 2 is 1.75 bits per heavy atom. The first-order valence-corrected chi connectivity index (χ1v) is 9.44. The fraction of sp³-hybridized carbons (Fsp3) is 0. The maximum Gasteiger partial charge on any atom is 0.296 e. The number of thiocarbonyl (C=S) groups is 1. The fourth-order valence-corrected chi connectivity index (χ4v) is 4.07. The lowest BCUT2D eigenvalue weighted by atomic mass is 10.1. The van der Waals surface area contributed by atoms with Crippen LogP contribution in [0.4, 0.5) is 16.2 Å². The third kappa shape index (κ3) is 3.35. The van der Waals surface area contributed by atoms with Crippen molar-refractivity contribution in [2.75, 3.05) is 4.90 Å². The summed E-state index contributed by atoms with van der Waals surface area (Å²) in [4.78, 5) is 25.6. The summed E-state index contributed by atoms with van der Waals surface area (Å²) in [5.41, 5.74) is 1.06. The van der Waals surface area contributed by atoms with Gasteiger partial charge in [-0.2, -0.15) is 0 Å². The summed E-state index contributed by atoms with van der Waals surface area (Å²) in [6.45, 7) is 0. The van der Waals surface area contributed by atoms with Crippen LogP contribution in [0.5, 0.6) is 0 Å². The van der Waals surface area contributed by atoms with Crippen LogP contribution in [0.15, 0.2) is 76.1 Å². The van der Waals surface area contributed by atoms with Gasteiger partial charge in [-0.3, -0.25) is 19.8 Å². The summed E-state index contributed by atoms with van der Waals surface area (Å²) in [6, 6.07) is 18.9. The second-order valence-electron chi connectivity index (χ2n) is 5.83. The minimum atomic E-state index is -0.450. The molecule has 0 unspecified atom stereocenters. The van der Waals surface area contributed by atoms with Crippen LogP contribution in [0, 0.1) is 10.1 Å². The molecule has 4 rings (SSSR count). The molecule has 1 aromatic heterocycles. The van der Waals surface area contributed by atoms with Crippen LogP contribution in [0.3, 0.4) is 0 Å². The molecule has 0 bridgehead atoms. The number of amides is 1. The van der Waals surface area contributed by atoms with Gasteiger partial charge in [-0.25, -0.2) is 0 Å². The van der Waals surface area contributed by atoms with E-state index >= 15 is 0 Å². The number of thioether (sulfide) groups is 1. The molecule has 0 saturated carbocycles. The highest BCUT2D eigenvalue weighted by molar-refractivity contribution is 8.20. The van der Waals surface area contributed by atoms with Gasteiger partial charge in [-0.15, -0.1) is 0 Å². The second-order valence-corrected chi connectivity index (χ2v) is 7.21. The molecule has 138 valence electrons. The van der Waals surface area contributed by atoms with Gasteiger partial charge in [0.15, 0.2) is 0 Å². The number of hydrogen-bond acceptors (Lipinski definition) is 6. The second kappa shape index (κ2) is 7.41. The number of anilines is 1. The van der Waals surface area contributed by atoms with E-state index in [4.69, 9.17) is 16.6 Å². The normalized spacial score (nSPS) is 15.4. The SMILES string of the molecule is O=C1SC(=Cc2ccc(-c3ccccc3[N+](=O)[O-])o2)C(=S)N1c1ccccc1. The van der Waals surface area contributed by atoms with Crippen LogP contribution in [-0.2, 0) is 0 Å². The van der Waals surface area contributed by atoms with Crippen molar-refractivity contribution in [2.45, 2.75) is 0 Å². The molecule has 2 heterocycles. The molecule has 28 heavy (non-hydrogen) atoms. The summed E-state index contributed by atoms with van der Waals surface area (Å²) >= 11 is 6.48. The number of rotatable bonds is 4. The average Bonchev–Trinajstić information content (AvgIpc) is 3.27. The number of carbonyl (C=O) groups excluding carboxylic acids is 1. The van der Waals surface area contributed by atoms with E-state index in [2.05, 4.69) is 0 Å². The van der Waals surface area contributed by atoms with Crippen LogP contribution in [-0.4, -0.2) is 15.2 Å². The van der Waals surface area contributed by atoms with Crippen LogP contribution < -0.4 is 4.90 Å². The van der Waals surface area contributed by atoms with E-state index in [9.17, 15) is 14.9 Å². The number of nitrogens with zero attached hydrogens (tertiary/aromatic N) is 2. The van der Waals surface area contributed by atoms with Crippen molar-refractivity contribution in [3.63, 3.8) is 0 Å². The summed E-state index contributed by atoms with van der Waals surface area (Å²) < 4.78 is 5.76. The molecule has 1 aliphatic heterocycles. The maximum absolute atomic E-state index is 12.4. The van der Waals surface area contributed by atoms with Crippen LogP contribution >= 0.6 is 24.0 Å². The Balaban J connectivity index is 1.64. The van der Waals surface area contributed by atoms with Crippen molar-refractivity contribution < 1.29 is 14.1 Å². The Hall–Kier alpha value is -3.23. The predicted octanol–water partition coefficient (Wildman–Crippen LogP) is 5.90. The molecule has 8 heteroatoms. The lowest BCUT2D eigenvalue weighted by Gasteiger charge is -2.14. The number of benzene rings is 2. The minimum absolute atomic E-state index is 0.0350. The summed E-state index contributed by atoms with van der Waals surface area (Å²) in [5, 5.41) is 11.0. The molecule has 1 amide bonds. The summed E-state index contributed by atoms with van der Waals surface area (Å²) in [5.74, 6) is 0.833. The van der Waals surface area contributed by atoms with Gasteiger partial charge in [0.25, 0.3) is 10.9 Å². The van der Waals surface area contributed by atoms with Crippen molar-refractivity contribution in [3.8, 4) is 11.3 Å². The summed E-state index contributed by atoms with van der Waals surface area (Å²) in [6.07, 6.45) is 1.67. The molecule has 0 N–H and O–H groups in total. The lowest BCUT2D eigenvalue weighted by molar-refractivity contribution is -0.384. The molecule has 1 aliphatic rings. The highest BCUT2D eigenvalue weighted by Gasteiger charge is 2.33. The van der Waals surface area contributed by atoms with E-state index in [0.29, 0.717) is 32.7 Å². The van der Waals surface area contributed by atoms with Gasteiger partial charge in [0, 0.05) is 6.07 Å². The molecule has 0 atom stereocenters. The number of hydrogen-bond donors (Lipinski definition) is 0. The van der Waals surface area contributed by atoms with Crippen molar-refractivity contribution in [3.05, 3.63) is 87.5 Å². The number of carbonyl (C=O) groups is 1. The van der Waals surface area contributed by atoms with Crippen LogP contribution in [0.2, 0.25) is 0 Å². The number of furan rings is 1. The van der Waals surface area contributed by atoms with Crippen molar-refractivity contribution in [1.82, 2.24) is 0 Å². The number of nitro benzene ring substituents is 1. The lowest BCUT2D eigenvalue weighted by Crippen LogP contribution is -2.26. The molecular weight excluding hydrogens is 396 g/mol. The molecule has 0 spiro atoms. The zero-order chi connectivity index (χ0) is 19.7. The zero-order valence-corrected chi connectivity index (χ0v) is 15.9. The quantitative estimate of drug-likeness (QED) is 0.232. The third-order valence-electron chi connectivity index (χ3n) is 4.07. The van der Waals surface area contributed by atoms with Crippen LogP contribution in [0.25, 0.3) is 17.4 Å². The maximum atomic E-state index is 12.4. The first-order valence-electron chi connectivity index (χ1n) is 8.21. The molecule has 6 nitrogen and oxygen atoms in total. The van der Waals surface area contributed by atoms with Crippen molar-refractivity contribution >= 4 is 51.7 Å². The highest BCUT2D eigenvalue weighted by Crippen LogP contribution is 2.37. The van der Waals surface area contributed by atoms with Gasteiger partial charge in [0.05, 0.1) is 21.1 Å². The third-order valence-corrected chi connectivity index (χ3v) is 5.49. The summed E-state index contributed by atoms with van der Waals surface area (Å²) in [7, 11) is 0. The van der Waals surface area contributed by atoms with E-state index in [-0.39, 0.29) is 10.9 Å².